The predicted molar refractivity (Wildman–Crippen MR) is 66.4 cm³/mol. The molecule has 90 valence electrons. The van der Waals surface area contributed by atoms with Gasteiger partial charge in [0.2, 0.25) is 0 Å². The second-order valence-electron chi connectivity index (χ2n) is 5.25. The fourth-order valence-electron chi connectivity index (χ4n) is 2.53. The molecule has 2 heterocycles. The second kappa shape index (κ2) is 5.00. The number of hydrogen-bond donors (Lipinski definition) is 1. The van der Waals surface area contributed by atoms with Crippen LogP contribution in [0.25, 0.3) is 0 Å². The highest BCUT2D eigenvalue weighted by molar-refractivity contribution is 4.95. The van der Waals surface area contributed by atoms with Crippen molar-refractivity contribution in [1.82, 2.24) is 14.9 Å². The van der Waals surface area contributed by atoms with Gasteiger partial charge < -0.3 is 9.88 Å². The van der Waals surface area contributed by atoms with Gasteiger partial charge in [-0.05, 0) is 32.7 Å². The fraction of sp³-hybridized carbons (Fsp3) is 0.769. The summed E-state index contributed by atoms with van der Waals surface area (Å²) in [7, 11) is 2.07. The molecule has 1 atom stereocenters. The molecule has 3 heteroatoms. The molecule has 3 nitrogen and oxygen atoms in total. The van der Waals surface area contributed by atoms with E-state index >= 15 is 0 Å². The molecule has 0 radical (unpaired) electrons. The highest BCUT2D eigenvalue weighted by Crippen LogP contribution is 2.23. The van der Waals surface area contributed by atoms with E-state index in [4.69, 9.17) is 0 Å². The molecular weight excluding hydrogens is 198 g/mol. The van der Waals surface area contributed by atoms with E-state index in [1.807, 2.05) is 12.4 Å². The van der Waals surface area contributed by atoms with Gasteiger partial charge in [-0.3, -0.25) is 0 Å². The van der Waals surface area contributed by atoms with Gasteiger partial charge in [0.1, 0.15) is 5.82 Å². The summed E-state index contributed by atoms with van der Waals surface area (Å²) < 4.78 is 2.13. The molecule has 1 saturated heterocycles. The number of hydrogen-bond acceptors (Lipinski definition) is 2. The van der Waals surface area contributed by atoms with Crippen LogP contribution in [0.5, 0.6) is 0 Å². The molecule has 0 amide bonds. The summed E-state index contributed by atoms with van der Waals surface area (Å²) >= 11 is 0. The Bertz CT molecular complexity index is 322. The second-order valence-corrected chi connectivity index (χ2v) is 5.25. The topological polar surface area (TPSA) is 29.9 Å². The molecule has 0 spiro atoms. The molecule has 1 fully saturated rings. The number of aromatic nitrogens is 2. The molecule has 0 saturated carbocycles. The van der Waals surface area contributed by atoms with E-state index in [0.717, 1.165) is 6.42 Å². The molecule has 0 bridgehead atoms. The maximum Gasteiger partial charge on any atom is 0.108 e. The molecular formula is C13H23N3. The van der Waals surface area contributed by atoms with E-state index in [2.05, 4.69) is 28.8 Å². The monoisotopic (exact) mass is 221 g/mol. The van der Waals surface area contributed by atoms with E-state index in [-0.39, 0.29) is 0 Å². The van der Waals surface area contributed by atoms with E-state index < -0.39 is 0 Å². The lowest BCUT2D eigenvalue weighted by Crippen LogP contribution is -2.42. The first kappa shape index (κ1) is 11.6. The Morgan fingerprint density at radius 1 is 1.44 bits per heavy atom. The van der Waals surface area contributed by atoms with Crippen LogP contribution in [0.4, 0.5) is 0 Å². The van der Waals surface area contributed by atoms with Crippen molar-refractivity contribution in [2.45, 2.75) is 51.0 Å². The predicted octanol–water partition coefficient (Wildman–Crippen LogP) is 2.27. The van der Waals surface area contributed by atoms with Crippen molar-refractivity contribution in [2.24, 2.45) is 7.05 Å². The summed E-state index contributed by atoms with van der Waals surface area (Å²) in [5.74, 6) is 1.20. The van der Waals surface area contributed by atoms with Gasteiger partial charge in [-0.15, -0.1) is 0 Å². The van der Waals surface area contributed by atoms with Crippen molar-refractivity contribution in [3.05, 3.63) is 18.2 Å². The normalized spacial score (nSPS) is 26.6. The van der Waals surface area contributed by atoms with Crippen LogP contribution in [0.15, 0.2) is 12.4 Å². The zero-order valence-electron chi connectivity index (χ0n) is 10.5. The van der Waals surface area contributed by atoms with Crippen molar-refractivity contribution in [2.75, 3.05) is 6.54 Å². The molecule has 1 aromatic rings. The minimum absolute atomic E-state index is 0.322. The van der Waals surface area contributed by atoms with Gasteiger partial charge in [-0.25, -0.2) is 4.98 Å². The van der Waals surface area contributed by atoms with Crippen molar-refractivity contribution in [3.63, 3.8) is 0 Å². The summed E-state index contributed by atoms with van der Waals surface area (Å²) in [6.45, 7) is 3.54. The van der Waals surface area contributed by atoms with Gasteiger partial charge in [-0.1, -0.05) is 12.8 Å². The van der Waals surface area contributed by atoms with Crippen LogP contribution in [-0.4, -0.2) is 21.6 Å². The quantitative estimate of drug-likeness (QED) is 0.848. The Morgan fingerprint density at radius 2 is 2.31 bits per heavy atom. The van der Waals surface area contributed by atoms with Crippen LogP contribution >= 0.6 is 0 Å². The summed E-state index contributed by atoms with van der Waals surface area (Å²) in [6.07, 6.45) is 11.6. The molecule has 1 N–H and O–H groups in total. The van der Waals surface area contributed by atoms with Crippen LogP contribution in [0, 0.1) is 0 Å². The Labute approximate surface area is 98.3 Å². The summed E-state index contributed by atoms with van der Waals surface area (Å²) in [6, 6.07) is 0. The average Bonchev–Trinajstić information content (AvgIpc) is 2.54. The van der Waals surface area contributed by atoms with Gasteiger partial charge in [0.15, 0.2) is 0 Å². The first-order valence-electron chi connectivity index (χ1n) is 6.41. The molecule has 0 aliphatic carbocycles. The largest absolute Gasteiger partial charge is 0.338 e. The third-order valence-electron chi connectivity index (χ3n) is 3.78. The third kappa shape index (κ3) is 2.85. The molecule has 2 rings (SSSR count). The number of nitrogens with zero attached hydrogens (tertiary/aromatic N) is 2. The van der Waals surface area contributed by atoms with Crippen LogP contribution < -0.4 is 5.32 Å². The Kier molecular flexibility index (Phi) is 3.64. The van der Waals surface area contributed by atoms with Crippen molar-refractivity contribution >= 4 is 0 Å². The highest BCUT2D eigenvalue weighted by atomic mass is 15.0. The van der Waals surface area contributed by atoms with Crippen LogP contribution in [0.1, 0.15) is 44.9 Å². The lowest BCUT2D eigenvalue weighted by molar-refractivity contribution is 0.321. The van der Waals surface area contributed by atoms with Gasteiger partial charge >= 0.3 is 0 Å². The molecule has 1 unspecified atom stereocenters. The zero-order chi connectivity index (χ0) is 11.4. The maximum absolute atomic E-state index is 4.39. The molecule has 0 aromatic carbocycles. The molecule has 16 heavy (non-hydrogen) atoms. The Balaban J connectivity index is 1.90. The van der Waals surface area contributed by atoms with Gasteiger partial charge in [-0.2, -0.15) is 0 Å². The van der Waals surface area contributed by atoms with Gasteiger partial charge in [0.25, 0.3) is 0 Å². The zero-order valence-corrected chi connectivity index (χ0v) is 10.5. The number of rotatable bonds is 3. The summed E-state index contributed by atoms with van der Waals surface area (Å²) in [5.41, 5.74) is 0.322. The number of imidazole rings is 1. The number of aryl methyl sites for hydroxylation is 2. The van der Waals surface area contributed by atoms with E-state index in [9.17, 15) is 0 Å². The van der Waals surface area contributed by atoms with Gasteiger partial charge in [0.05, 0.1) is 0 Å². The Morgan fingerprint density at radius 3 is 3.06 bits per heavy atom. The van der Waals surface area contributed by atoms with Crippen LogP contribution in [-0.2, 0) is 13.5 Å². The Hall–Kier alpha value is -0.830. The highest BCUT2D eigenvalue weighted by Gasteiger charge is 2.24. The molecule has 1 aliphatic heterocycles. The minimum Gasteiger partial charge on any atom is -0.338 e. The first-order chi connectivity index (χ1) is 7.70. The lowest BCUT2D eigenvalue weighted by atomic mass is 9.90. The average molecular weight is 221 g/mol. The first-order valence-corrected chi connectivity index (χ1v) is 6.41. The SMILES string of the molecule is Cn1ccnc1CCC1(C)CCCCCN1. The lowest BCUT2D eigenvalue weighted by Gasteiger charge is -2.29. The van der Waals surface area contributed by atoms with Crippen LogP contribution in [0.2, 0.25) is 0 Å². The fourth-order valence-corrected chi connectivity index (χ4v) is 2.53. The van der Waals surface area contributed by atoms with Crippen molar-refractivity contribution in [1.29, 1.82) is 0 Å². The van der Waals surface area contributed by atoms with Gasteiger partial charge in [0, 0.05) is 31.4 Å². The maximum atomic E-state index is 4.39. The summed E-state index contributed by atoms with van der Waals surface area (Å²) in [4.78, 5) is 4.39. The van der Waals surface area contributed by atoms with E-state index in [1.54, 1.807) is 0 Å². The molecule has 1 aliphatic rings. The standard InChI is InChI=1S/C13H23N3/c1-13(7-4-3-5-9-15-13)8-6-12-14-10-11-16(12)2/h10-11,15H,3-9H2,1-2H3. The minimum atomic E-state index is 0.322. The van der Waals surface area contributed by atoms with Crippen molar-refractivity contribution in [3.8, 4) is 0 Å². The smallest absolute Gasteiger partial charge is 0.108 e. The van der Waals surface area contributed by atoms with Crippen LogP contribution in [0.3, 0.4) is 0 Å². The number of nitrogens with one attached hydrogen (secondary N) is 1. The van der Waals surface area contributed by atoms with E-state index in [0.29, 0.717) is 5.54 Å². The van der Waals surface area contributed by atoms with E-state index in [1.165, 1.54) is 44.5 Å². The summed E-state index contributed by atoms with van der Waals surface area (Å²) in [5, 5.41) is 3.70. The van der Waals surface area contributed by atoms with Crippen molar-refractivity contribution < 1.29 is 0 Å². The molecule has 1 aromatic heterocycles. The third-order valence-corrected chi connectivity index (χ3v) is 3.78.